The molecule has 0 spiro atoms. The Bertz CT molecular complexity index is 476. The molecule has 0 unspecified atom stereocenters. The minimum absolute atomic E-state index is 0.0988. The number of aliphatic hydroxyl groups excluding tert-OH is 4. The van der Waals surface area contributed by atoms with Crippen molar-refractivity contribution >= 4 is 12.6 Å². The maximum absolute atomic E-state index is 9.87. The lowest BCUT2D eigenvalue weighted by Crippen LogP contribution is -2.59. The molecule has 1 heterocycles. The molecular formula is C23H46O12S. The predicted octanol–water partition coefficient (Wildman–Crippen LogP) is -0.997. The van der Waals surface area contributed by atoms with E-state index in [0.717, 1.165) is 31.6 Å². The Kier molecular flexibility index (Phi) is 22.5. The van der Waals surface area contributed by atoms with Crippen LogP contribution in [0.1, 0.15) is 19.3 Å². The summed E-state index contributed by atoms with van der Waals surface area (Å²) in [6.45, 7) is 5.38. The van der Waals surface area contributed by atoms with E-state index in [-0.39, 0.29) is 13.2 Å². The number of ether oxygens (including phenoxy) is 8. The van der Waals surface area contributed by atoms with Gasteiger partial charge in [-0.3, -0.25) is 0 Å². The Morgan fingerprint density at radius 3 is 1.42 bits per heavy atom. The normalized spacial score (nSPS) is 24.4. The lowest BCUT2D eigenvalue weighted by Gasteiger charge is -2.39. The molecular weight excluding hydrogens is 500 g/mol. The molecule has 1 fully saturated rings. The van der Waals surface area contributed by atoms with Gasteiger partial charge in [0.05, 0.1) is 85.9 Å². The number of rotatable bonds is 25. The SMILES string of the molecule is OC[C@H]1O[C@@H](OCCOCCOCCOCCOCCOCCOCCCCCS)[C@H](O)[C@@H](O)[C@@H]1O. The van der Waals surface area contributed by atoms with Crippen LogP contribution in [0.5, 0.6) is 0 Å². The maximum atomic E-state index is 9.87. The molecule has 0 aromatic carbocycles. The Morgan fingerprint density at radius 2 is 0.972 bits per heavy atom. The molecule has 0 saturated carbocycles. The Hall–Kier alpha value is -0.130. The van der Waals surface area contributed by atoms with Crippen LogP contribution in [0.4, 0.5) is 0 Å². The molecule has 1 aliphatic heterocycles. The standard InChI is InChI=1S/C23H46O12S/c24-18-19-20(25)21(26)22(27)23(35-19)34-16-15-33-14-13-32-12-11-31-10-9-30-8-7-29-6-5-28-4-2-1-3-17-36/h19-27,36H,1-18H2/t19-,20-,21+,22-,23-/m1/s1. The molecule has 13 heteroatoms. The second-order valence-corrected chi connectivity index (χ2v) is 8.47. The van der Waals surface area contributed by atoms with E-state index in [9.17, 15) is 15.3 Å². The van der Waals surface area contributed by atoms with Crippen LogP contribution in [0.25, 0.3) is 0 Å². The third-order valence-electron chi connectivity index (χ3n) is 5.17. The summed E-state index contributed by atoms with van der Waals surface area (Å²) in [5.74, 6) is 0.928. The van der Waals surface area contributed by atoms with Gasteiger partial charge in [0, 0.05) is 6.61 Å². The van der Waals surface area contributed by atoms with Gasteiger partial charge in [-0.1, -0.05) is 6.42 Å². The van der Waals surface area contributed by atoms with E-state index in [1.54, 1.807) is 0 Å². The van der Waals surface area contributed by atoms with Gasteiger partial charge in [0.1, 0.15) is 24.4 Å². The van der Waals surface area contributed by atoms with Crippen molar-refractivity contribution in [3.8, 4) is 0 Å². The van der Waals surface area contributed by atoms with Crippen molar-refractivity contribution in [2.24, 2.45) is 0 Å². The first-order valence-corrected chi connectivity index (χ1v) is 13.2. The Morgan fingerprint density at radius 1 is 0.528 bits per heavy atom. The molecule has 1 saturated heterocycles. The van der Waals surface area contributed by atoms with E-state index in [2.05, 4.69) is 12.6 Å². The molecule has 0 aromatic heterocycles. The molecule has 216 valence electrons. The fraction of sp³-hybridized carbons (Fsp3) is 1.00. The van der Waals surface area contributed by atoms with Crippen molar-refractivity contribution in [2.75, 3.05) is 98.2 Å². The first-order chi connectivity index (χ1) is 17.6. The second kappa shape index (κ2) is 23.9. The van der Waals surface area contributed by atoms with Gasteiger partial charge in [-0.05, 0) is 18.6 Å². The van der Waals surface area contributed by atoms with Crippen LogP contribution in [0.3, 0.4) is 0 Å². The van der Waals surface area contributed by atoms with Gasteiger partial charge in [0.2, 0.25) is 0 Å². The van der Waals surface area contributed by atoms with Gasteiger partial charge in [-0.2, -0.15) is 12.6 Å². The quantitative estimate of drug-likeness (QED) is 0.0705. The third-order valence-corrected chi connectivity index (χ3v) is 5.48. The number of hydrogen-bond acceptors (Lipinski definition) is 13. The highest BCUT2D eigenvalue weighted by Gasteiger charge is 2.43. The minimum atomic E-state index is -1.46. The summed E-state index contributed by atoms with van der Waals surface area (Å²) in [5.41, 5.74) is 0. The van der Waals surface area contributed by atoms with E-state index >= 15 is 0 Å². The van der Waals surface area contributed by atoms with Gasteiger partial charge in [0.15, 0.2) is 6.29 Å². The average molecular weight is 547 g/mol. The molecule has 4 N–H and O–H groups in total. The summed E-state index contributed by atoms with van der Waals surface area (Å²) in [7, 11) is 0. The number of aliphatic hydroxyl groups is 4. The highest BCUT2D eigenvalue weighted by Crippen LogP contribution is 2.21. The van der Waals surface area contributed by atoms with Crippen LogP contribution in [-0.4, -0.2) is 149 Å². The van der Waals surface area contributed by atoms with Crippen LogP contribution in [0, 0.1) is 0 Å². The van der Waals surface area contributed by atoms with Crippen molar-refractivity contribution in [1.82, 2.24) is 0 Å². The van der Waals surface area contributed by atoms with E-state index < -0.39 is 37.3 Å². The molecule has 1 rings (SSSR count). The number of unbranched alkanes of at least 4 members (excludes halogenated alkanes) is 2. The highest BCUT2D eigenvalue weighted by molar-refractivity contribution is 7.80. The van der Waals surface area contributed by atoms with Gasteiger partial charge in [0.25, 0.3) is 0 Å². The zero-order valence-electron chi connectivity index (χ0n) is 21.1. The summed E-state index contributed by atoms with van der Waals surface area (Å²) in [4.78, 5) is 0. The van der Waals surface area contributed by atoms with Gasteiger partial charge < -0.3 is 58.3 Å². The lowest BCUT2D eigenvalue weighted by atomic mass is 9.99. The molecule has 12 nitrogen and oxygen atoms in total. The molecule has 5 atom stereocenters. The van der Waals surface area contributed by atoms with Crippen molar-refractivity contribution < 1.29 is 58.3 Å². The van der Waals surface area contributed by atoms with Gasteiger partial charge in [-0.25, -0.2) is 0 Å². The largest absolute Gasteiger partial charge is 0.394 e. The molecule has 0 aromatic rings. The minimum Gasteiger partial charge on any atom is -0.394 e. The first kappa shape index (κ1) is 33.9. The van der Waals surface area contributed by atoms with Crippen LogP contribution in [0.15, 0.2) is 0 Å². The van der Waals surface area contributed by atoms with Crippen LogP contribution in [0.2, 0.25) is 0 Å². The summed E-state index contributed by atoms with van der Waals surface area (Å²) < 4.78 is 43.1. The summed E-state index contributed by atoms with van der Waals surface area (Å²) >= 11 is 4.17. The molecule has 1 aliphatic rings. The summed E-state index contributed by atoms with van der Waals surface area (Å²) in [6, 6.07) is 0. The summed E-state index contributed by atoms with van der Waals surface area (Å²) in [5, 5.41) is 38.4. The highest BCUT2D eigenvalue weighted by atomic mass is 32.1. The fourth-order valence-corrected chi connectivity index (χ4v) is 3.35. The van der Waals surface area contributed by atoms with Gasteiger partial charge >= 0.3 is 0 Å². The molecule has 0 radical (unpaired) electrons. The van der Waals surface area contributed by atoms with E-state index in [4.69, 9.17) is 43.0 Å². The first-order valence-electron chi connectivity index (χ1n) is 12.6. The maximum Gasteiger partial charge on any atom is 0.186 e. The summed E-state index contributed by atoms with van der Waals surface area (Å²) in [6.07, 6.45) is -3.10. The zero-order valence-corrected chi connectivity index (χ0v) is 22.0. The molecule has 0 bridgehead atoms. The van der Waals surface area contributed by atoms with Crippen LogP contribution < -0.4 is 0 Å². The number of thiol groups is 1. The smallest absolute Gasteiger partial charge is 0.186 e. The lowest BCUT2D eigenvalue weighted by molar-refractivity contribution is -0.302. The zero-order chi connectivity index (χ0) is 26.3. The molecule has 36 heavy (non-hydrogen) atoms. The monoisotopic (exact) mass is 546 g/mol. The van der Waals surface area contributed by atoms with Crippen molar-refractivity contribution in [3.05, 3.63) is 0 Å². The van der Waals surface area contributed by atoms with Gasteiger partial charge in [-0.15, -0.1) is 0 Å². The fourth-order valence-electron chi connectivity index (χ4n) is 3.12. The molecule has 0 aliphatic carbocycles. The second-order valence-electron chi connectivity index (χ2n) is 8.03. The van der Waals surface area contributed by atoms with Crippen LogP contribution >= 0.6 is 12.6 Å². The van der Waals surface area contributed by atoms with E-state index in [1.165, 1.54) is 0 Å². The topological polar surface area (TPSA) is 155 Å². The van der Waals surface area contributed by atoms with E-state index in [1.807, 2.05) is 0 Å². The van der Waals surface area contributed by atoms with Crippen molar-refractivity contribution in [1.29, 1.82) is 0 Å². The predicted molar refractivity (Wildman–Crippen MR) is 132 cm³/mol. The van der Waals surface area contributed by atoms with Crippen molar-refractivity contribution in [2.45, 2.75) is 50.0 Å². The Balaban J connectivity index is 1.76. The van der Waals surface area contributed by atoms with E-state index in [0.29, 0.717) is 66.1 Å². The average Bonchev–Trinajstić information content (AvgIpc) is 2.89. The number of hydrogen-bond donors (Lipinski definition) is 5. The molecule has 0 amide bonds. The van der Waals surface area contributed by atoms with Crippen molar-refractivity contribution in [3.63, 3.8) is 0 Å². The third kappa shape index (κ3) is 16.7. The Labute approximate surface area is 219 Å². The van der Waals surface area contributed by atoms with Crippen LogP contribution in [-0.2, 0) is 37.9 Å².